The molecule has 0 N–H and O–H groups in total. The molecular weight excluding hydrogens is 520 g/mol. The standard InChI is InChI=1S/C41H36N2/c1-4-30(3)42(35-12-6-5-7-13-35)36-24-22-32(23-25-36)34-26-33(31-20-18-29(2)19-21-31)27-37(28-34)43-40-16-10-8-14-38(40)39-15-9-11-17-41(39)43/h4-24,26-28,36H,25H2,1-3H3/b30-4+. The number of aryl methyl sites for hydroxylation is 1. The number of hydrogen-bond acceptors (Lipinski definition) is 1. The van der Waals surface area contributed by atoms with Gasteiger partial charge < -0.3 is 9.47 Å². The number of nitrogens with zero attached hydrogens (tertiary/aromatic N) is 2. The second kappa shape index (κ2) is 11.3. The summed E-state index contributed by atoms with van der Waals surface area (Å²) in [6.07, 6.45) is 10.2. The Bertz CT molecular complexity index is 1970. The van der Waals surface area contributed by atoms with Crippen LogP contribution in [0, 0.1) is 6.92 Å². The van der Waals surface area contributed by atoms with Crippen molar-refractivity contribution in [3.05, 3.63) is 162 Å². The summed E-state index contributed by atoms with van der Waals surface area (Å²) in [5, 5.41) is 2.56. The maximum Gasteiger partial charge on any atom is 0.0556 e. The van der Waals surface area contributed by atoms with Crippen molar-refractivity contribution in [1.29, 1.82) is 0 Å². The summed E-state index contributed by atoms with van der Waals surface area (Å²) in [5.74, 6) is 0. The van der Waals surface area contributed by atoms with Crippen LogP contribution in [0.15, 0.2) is 151 Å². The van der Waals surface area contributed by atoms with Crippen LogP contribution >= 0.6 is 0 Å². The Morgan fingerprint density at radius 3 is 1.98 bits per heavy atom. The smallest absolute Gasteiger partial charge is 0.0556 e. The monoisotopic (exact) mass is 556 g/mol. The topological polar surface area (TPSA) is 8.17 Å². The first-order valence-corrected chi connectivity index (χ1v) is 15.2. The molecule has 210 valence electrons. The molecule has 0 amide bonds. The number of rotatable bonds is 6. The zero-order valence-electron chi connectivity index (χ0n) is 25.0. The molecule has 0 spiro atoms. The van der Waals surface area contributed by atoms with Gasteiger partial charge >= 0.3 is 0 Å². The Morgan fingerprint density at radius 2 is 1.35 bits per heavy atom. The first-order chi connectivity index (χ1) is 21.1. The number of anilines is 1. The molecule has 6 aromatic rings. The van der Waals surface area contributed by atoms with E-state index in [0.717, 1.165) is 6.42 Å². The van der Waals surface area contributed by atoms with Crippen LogP contribution in [0.3, 0.4) is 0 Å². The highest BCUT2D eigenvalue weighted by Crippen LogP contribution is 2.36. The lowest BCUT2D eigenvalue weighted by molar-refractivity contribution is 0.753. The third-order valence-corrected chi connectivity index (χ3v) is 8.72. The van der Waals surface area contributed by atoms with Crippen LogP contribution in [0.4, 0.5) is 5.69 Å². The van der Waals surface area contributed by atoms with Crippen molar-refractivity contribution in [1.82, 2.24) is 4.57 Å². The lowest BCUT2D eigenvalue weighted by atomic mass is 9.92. The molecule has 0 aliphatic heterocycles. The van der Waals surface area contributed by atoms with Gasteiger partial charge in [-0.15, -0.1) is 0 Å². The Labute approximate surface area is 254 Å². The van der Waals surface area contributed by atoms with E-state index in [1.807, 2.05) is 0 Å². The fourth-order valence-electron chi connectivity index (χ4n) is 6.42. The number of benzene rings is 5. The molecule has 1 heterocycles. The predicted molar refractivity (Wildman–Crippen MR) is 185 cm³/mol. The molecule has 2 nitrogen and oxygen atoms in total. The molecule has 1 aliphatic carbocycles. The molecule has 1 aliphatic rings. The second-order valence-electron chi connectivity index (χ2n) is 11.5. The summed E-state index contributed by atoms with van der Waals surface area (Å²) in [4.78, 5) is 2.44. The summed E-state index contributed by atoms with van der Waals surface area (Å²) >= 11 is 0. The molecule has 5 aromatic carbocycles. The highest BCUT2D eigenvalue weighted by Gasteiger charge is 2.21. The third-order valence-electron chi connectivity index (χ3n) is 8.72. The molecule has 0 radical (unpaired) electrons. The number of para-hydroxylation sites is 3. The van der Waals surface area contributed by atoms with Crippen LogP contribution in [-0.2, 0) is 0 Å². The summed E-state index contributed by atoms with van der Waals surface area (Å²) in [6, 6.07) is 44.4. The summed E-state index contributed by atoms with van der Waals surface area (Å²) < 4.78 is 2.42. The third kappa shape index (κ3) is 5.00. The van der Waals surface area contributed by atoms with Gasteiger partial charge in [0.1, 0.15) is 0 Å². The van der Waals surface area contributed by atoms with Gasteiger partial charge in [0.2, 0.25) is 0 Å². The van der Waals surface area contributed by atoms with Crippen LogP contribution < -0.4 is 4.90 Å². The molecule has 1 aromatic heterocycles. The Kier molecular flexibility index (Phi) is 7.04. The summed E-state index contributed by atoms with van der Waals surface area (Å²) in [6.45, 7) is 6.46. The minimum Gasteiger partial charge on any atom is -0.339 e. The predicted octanol–water partition coefficient (Wildman–Crippen LogP) is 10.9. The minimum absolute atomic E-state index is 0.263. The van der Waals surface area contributed by atoms with E-state index >= 15 is 0 Å². The van der Waals surface area contributed by atoms with Crippen molar-refractivity contribution in [3.8, 4) is 16.8 Å². The number of fused-ring (bicyclic) bond motifs is 3. The van der Waals surface area contributed by atoms with Gasteiger partial charge in [0.25, 0.3) is 0 Å². The quantitative estimate of drug-likeness (QED) is 0.198. The first-order valence-electron chi connectivity index (χ1n) is 15.2. The van der Waals surface area contributed by atoms with Crippen molar-refractivity contribution in [2.75, 3.05) is 4.90 Å². The fourth-order valence-corrected chi connectivity index (χ4v) is 6.42. The highest BCUT2D eigenvalue weighted by atomic mass is 15.2. The Hall–Kier alpha value is -5.08. The van der Waals surface area contributed by atoms with E-state index in [4.69, 9.17) is 0 Å². The van der Waals surface area contributed by atoms with E-state index < -0.39 is 0 Å². The highest BCUT2D eigenvalue weighted by molar-refractivity contribution is 6.09. The maximum atomic E-state index is 2.44. The van der Waals surface area contributed by atoms with Gasteiger partial charge in [-0.3, -0.25) is 0 Å². The lowest BCUT2D eigenvalue weighted by Crippen LogP contribution is -2.32. The van der Waals surface area contributed by atoms with Crippen molar-refractivity contribution in [3.63, 3.8) is 0 Å². The normalized spacial score (nSPS) is 15.2. The van der Waals surface area contributed by atoms with Crippen LogP contribution in [0.25, 0.3) is 44.2 Å². The van der Waals surface area contributed by atoms with E-state index in [0.29, 0.717) is 0 Å². The fraction of sp³-hybridized carbons (Fsp3) is 0.122. The van der Waals surface area contributed by atoms with Gasteiger partial charge in [-0.05, 0) is 91.9 Å². The molecule has 0 saturated heterocycles. The van der Waals surface area contributed by atoms with Crippen LogP contribution in [0.2, 0.25) is 0 Å². The van der Waals surface area contributed by atoms with E-state index in [2.05, 4.69) is 176 Å². The van der Waals surface area contributed by atoms with Crippen molar-refractivity contribution in [2.45, 2.75) is 33.2 Å². The van der Waals surface area contributed by atoms with Gasteiger partial charge in [-0.25, -0.2) is 0 Å². The molecule has 1 unspecified atom stereocenters. The molecule has 1 atom stereocenters. The van der Waals surface area contributed by atoms with Crippen molar-refractivity contribution >= 4 is 33.1 Å². The maximum absolute atomic E-state index is 2.44. The van der Waals surface area contributed by atoms with E-state index in [1.54, 1.807) is 0 Å². The van der Waals surface area contributed by atoms with Crippen LogP contribution in [0.1, 0.15) is 31.4 Å². The molecule has 7 rings (SSSR count). The van der Waals surface area contributed by atoms with E-state index in [1.165, 1.54) is 66.7 Å². The molecule has 0 bridgehead atoms. The van der Waals surface area contributed by atoms with Gasteiger partial charge in [-0.1, -0.05) is 109 Å². The largest absolute Gasteiger partial charge is 0.339 e. The lowest BCUT2D eigenvalue weighted by Gasteiger charge is -2.33. The molecule has 0 fully saturated rings. The average molecular weight is 557 g/mol. The summed E-state index contributed by atoms with van der Waals surface area (Å²) in [5.41, 5.74) is 12.3. The van der Waals surface area contributed by atoms with Crippen molar-refractivity contribution < 1.29 is 0 Å². The van der Waals surface area contributed by atoms with E-state index in [-0.39, 0.29) is 6.04 Å². The molecule has 43 heavy (non-hydrogen) atoms. The summed E-state index contributed by atoms with van der Waals surface area (Å²) in [7, 11) is 0. The van der Waals surface area contributed by atoms with E-state index in [9.17, 15) is 0 Å². The van der Waals surface area contributed by atoms with Crippen LogP contribution in [0.5, 0.6) is 0 Å². The zero-order valence-corrected chi connectivity index (χ0v) is 25.0. The van der Waals surface area contributed by atoms with Gasteiger partial charge in [-0.2, -0.15) is 0 Å². The number of aromatic nitrogens is 1. The molecular formula is C41H36N2. The second-order valence-corrected chi connectivity index (χ2v) is 11.5. The Balaban J connectivity index is 1.35. The SMILES string of the molecule is C/C=C(\C)N(c1ccccc1)C1C=CC(c2cc(-c3ccc(C)cc3)cc(-n3c4ccccc4c4ccccc43)c2)=CC1. The first kappa shape index (κ1) is 26.8. The van der Waals surface area contributed by atoms with Gasteiger partial charge in [0.15, 0.2) is 0 Å². The average Bonchev–Trinajstić information content (AvgIpc) is 3.40. The van der Waals surface area contributed by atoms with Gasteiger partial charge in [0.05, 0.1) is 17.1 Å². The Morgan fingerprint density at radius 1 is 0.721 bits per heavy atom. The van der Waals surface area contributed by atoms with Crippen LogP contribution in [-0.4, -0.2) is 10.6 Å². The number of hydrogen-bond donors (Lipinski definition) is 0. The van der Waals surface area contributed by atoms with Crippen molar-refractivity contribution in [2.24, 2.45) is 0 Å². The number of allylic oxidation sites excluding steroid dienone is 4. The molecule has 0 saturated carbocycles. The zero-order chi connectivity index (χ0) is 29.3. The minimum atomic E-state index is 0.263. The van der Waals surface area contributed by atoms with Gasteiger partial charge in [0, 0.05) is 27.8 Å². The molecule has 2 heteroatoms.